The molecule has 0 heterocycles. The summed E-state index contributed by atoms with van der Waals surface area (Å²) in [6, 6.07) is 19.4. The van der Waals surface area contributed by atoms with Gasteiger partial charge in [0.25, 0.3) is 0 Å². The number of rotatable bonds is 2. The Bertz CT molecular complexity index is 764. The van der Waals surface area contributed by atoms with Crippen molar-refractivity contribution in [1.29, 1.82) is 0 Å². The Morgan fingerprint density at radius 1 is 0.900 bits per heavy atom. The van der Waals surface area contributed by atoms with Gasteiger partial charge in [-0.2, -0.15) is 0 Å². The van der Waals surface area contributed by atoms with E-state index >= 15 is 0 Å². The minimum atomic E-state index is -0.173. The summed E-state index contributed by atoms with van der Waals surface area (Å²) in [5.41, 5.74) is 3.49. The first-order chi connectivity index (χ1) is 9.66. The Balaban J connectivity index is 2.17. The fraction of sp³-hybridized carbons (Fsp3) is 0.111. The predicted octanol–water partition coefficient (Wildman–Crippen LogP) is 5.77. The van der Waals surface area contributed by atoms with Crippen LogP contribution in [0.1, 0.15) is 21.5 Å². The number of hydrogen-bond acceptors (Lipinski definition) is 0. The molecule has 3 rings (SSSR count). The minimum Gasteiger partial charge on any atom is -0.206 e. The smallest absolute Gasteiger partial charge is 0.131 e. The molecule has 1 unspecified atom stereocenters. The van der Waals surface area contributed by atoms with E-state index in [4.69, 9.17) is 0 Å². The van der Waals surface area contributed by atoms with E-state index in [-0.39, 0.29) is 10.6 Å². The lowest BCUT2D eigenvalue weighted by atomic mass is 9.97. The highest BCUT2D eigenvalue weighted by Crippen LogP contribution is 2.36. The second-order valence-corrected chi connectivity index (χ2v) is 5.87. The standard InChI is InChI=1S/C18H14BrF/c1-12-5-4-6-13(11-12)18(19)16-9-10-17(20)15-8-3-2-7-14(15)16/h2-11,18H,1H3. The summed E-state index contributed by atoms with van der Waals surface area (Å²) in [4.78, 5) is 0.0629. The van der Waals surface area contributed by atoms with Gasteiger partial charge < -0.3 is 0 Å². The summed E-state index contributed by atoms with van der Waals surface area (Å²) in [5, 5.41) is 1.62. The molecule has 0 aromatic heterocycles. The number of hydrogen-bond donors (Lipinski definition) is 0. The summed E-state index contributed by atoms with van der Waals surface area (Å²) in [5.74, 6) is -0.173. The van der Waals surface area contributed by atoms with Crippen molar-refractivity contribution >= 4 is 26.7 Å². The fourth-order valence-electron chi connectivity index (χ4n) is 2.51. The molecule has 0 aliphatic carbocycles. The highest BCUT2D eigenvalue weighted by Gasteiger charge is 2.14. The second kappa shape index (κ2) is 5.37. The molecule has 0 nitrogen and oxygen atoms in total. The lowest BCUT2D eigenvalue weighted by Crippen LogP contribution is -1.95. The van der Waals surface area contributed by atoms with Gasteiger partial charge in [-0.3, -0.25) is 0 Å². The number of fused-ring (bicyclic) bond motifs is 1. The van der Waals surface area contributed by atoms with Gasteiger partial charge in [-0.05, 0) is 29.5 Å². The molecule has 0 aliphatic heterocycles. The molecule has 2 heteroatoms. The molecule has 0 N–H and O–H groups in total. The molecule has 0 fully saturated rings. The average Bonchev–Trinajstić information content (AvgIpc) is 2.47. The van der Waals surface area contributed by atoms with Crippen molar-refractivity contribution in [3.05, 3.63) is 83.2 Å². The summed E-state index contributed by atoms with van der Waals surface area (Å²) in [7, 11) is 0. The molecule has 100 valence electrons. The Morgan fingerprint density at radius 3 is 2.40 bits per heavy atom. The monoisotopic (exact) mass is 328 g/mol. The first-order valence-electron chi connectivity index (χ1n) is 6.54. The fourth-order valence-corrected chi connectivity index (χ4v) is 3.20. The van der Waals surface area contributed by atoms with Gasteiger partial charge in [-0.25, -0.2) is 4.39 Å². The van der Waals surface area contributed by atoms with E-state index in [9.17, 15) is 4.39 Å². The maximum atomic E-state index is 13.9. The van der Waals surface area contributed by atoms with E-state index in [1.165, 1.54) is 11.1 Å². The number of alkyl halides is 1. The van der Waals surface area contributed by atoms with E-state index < -0.39 is 0 Å². The summed E-state index contributed by atoms with van der Waals surface area (Å²) >= 11 is 3.75. The zero-order valence-electron chi connectivity index (χ0n) is 11.1. The maximum absolute atomic E-state index is 13.9. The SMILES string of the molecule is Cc1cccc(C(Br)c2ccc(F)c3ccccc23)c1. The maximum Gasteiger partial charge on any atom is 0.131 e. The second-order valence-electron chi connectivity index (χ2n) is 4.96. The molecule has 0 radical (unpaired) electrons. The van der Waals surface area contributed by atoms with E-state index in [1.807, 2.05) is 36.4 Å². The van der Waals surface area contributed by atoms with Crippen molar-refractivity contribution in [2.24, 2.45) is 0 Å². The van der Waals surface area contributed by atoms with E-state index in [0.717, 1.165) is 10.9 Å². The van der Waals surface area contributed by atoms with Crippen molar-refractivity contribution in [3.63, 3.8) is 0 Å². The number of aryl methyl sites for hydroxylation is 1. The molecule has 0 spiro atoms. The van der Waals surface area contributed by atoms with Crippen LogP contribution in [0, 0.1) is 12.7 Å². The molecule has 3 aromatic carbocycles. The molecule has 0 amide bonds. The van der Waals surface area contributed by atoms with Crippen LogP contribution < -0.4 is 0 Å². The van der Waals surface area contributed by atoms with Crippen molar-refractivity contribution in [2.75, 3.05) is 0 Å². The highest BCUT2D eigenvalue weighted by atomic mass is 79.9. The zero-order chi connectivity index (χ0) is 14.1. The molecule has 0 aliphatic rings. The Kier molecular flexibility index (Phi) is 3.58. The molecule has 0 bridgehead atoms. The largest absolute Gasteiger partial charge is 0.206 e. The molecule has 0 saturated heterocycles. The normalized spacial score (nSPS) is 12.6. The quantitative estimate of drug-likeness (QED) is 0.524. The van der Waals surface area contributed by atoms with Gasteiger partial charge in [-0.15, -0.1) is 0 Å². The van der Waals surface area contributed by atoms with E-state index in [1.54, 1.807) is 6.07 Å². The van der Waals surface area contributed by atoms with Crippen LogP contribution in [0.2, 0.25) is 0 Å². The third-order valence-corrected chi connectivity index (χ3v) is 4.53. The van der Waals surface area contributed by atoms with Crippen LogP contribution in [-0.2, 0) is 0 Å². The van der Waals surface area contributed by atoms with Crippen LogP contribution in [0.25, 0.3) is 10.8 Å². The third-order valence-electron chi connectivity index (χ3n) is 3.51. The Labute approximate surface area is 126 Å². The van der Waals surface area contributed by atoms with Crippen LogP contribution in [-0.4, -0.2) is 0 Å². The highest BCUT2D eigenvalue weighted by molar-refractivity contribution is 9.09. The topological polar surface area (TPSA) is 0 Å². The molecule has 3 aromatic rings. The lowest BCUT2D eigenvalue weighted by Gasteiger charge is -2.14. The van der Waals surface area contributed by atoms with Crippen LogP contribution in [0.5, 0.6) is 0 Å². The molecule has 20 heavy (non-hydrogen) atoms. The van der Waals surface area contributed by atoms with Gasteiger partial charge in [0.05, 0.1) is 4.83 Å². The summed E-state index contributed by atoms with van der Waals surface area (Å²) in [6.45, 7) is 2.08. The van der Waals surface area contributed by atoms with Gasteiger partial charge in [-0.1, -0.05) is 76.1 Å². The first kappa shape index (κ1) is 13.3. The van der Waals surface area contributed by atoms with Gasteiger partial charge >= 0.3 is 0 Å². The Morgan fingerprint density at radius 2 is 1.65 bits per heavy atom. The van der Waals surface area contributed by atoms with Crippen molar-refractivity contribution in [1.82, 2.24) is 0 Å². The number of benzene rings is 3. The van der Waals surface area contributed by atoms with Gasteiger partial charge in [0.2, 0.25) is 0 Å². The average molecular weight is 329 g/mol. The predicted molar refractivity (Wildman–Crippen MR) is 85.9 cm³/mol. The van der Waals surface area contributed by atoms with Crippen molar-refractivity contribution in [2.45, 2.75) is 11.8 Å². The van der Waals surface area contributed by atoms with Gasteiger partial charge in [0, 0.05) is 5.39 Å². The van der Waals surface area contributed by atoms with Crippen LogP contribution in [0.15, 0.2) is 60.7 Å². The van der Waals surface area contributed by atoms with Gasteiger partial charge in [0.1, 0.15) is 5.82 Å². The Hall–Kier alpha value is -1.67. The third kappa shape index (κ3) is 2.36. The van der Waals surface area contributed by atoms with Crippen LogP contribution >= 0.6 is 15.9 Å². The summed E-state index contributed by atoms with van der Waals surface area (Å²) in [6.07, 6.45) is 0. The van der Waals surface area contributed by atoms with E-state index in [2.05, 4.69) is 41.1 Å². The van der Waals surface area contributed by atoms with Crippen molar-refractivity contribution < 1.29 is 4.39 Å². The first-order valence-corrected chi connectivity index (χ1v) is 7.46. The minimum absolute atomic E-state index is 0.0629. The molecular formula is C18H14BrF. The lowest BCUT2D eigenvalue weighted by molar-refractivity contribution is 0.639. The number of halogens is 2. The summed E-state index contributed by atoms with van der Waals surface area (Å²) < 4.78 is 13.9. The van der Waals surface area contributed by atoms with Crippen LogP contribution in [0.3, 0.4) is 0 Å². The molecule has 1 atom stereocenters. The van der Waals surface area contributed by atoms with Crippen LogP contribution in [0.4, 0.5) is 4.39 Å². The van der Waals surface area contributed by atoms with E-state index in [0.29, 0.717) is 5.39 Å². The van der Waals surface area contributed by atoms with Crippen molar-refractivity contribution in [3.8, 4) is 0 Å². The van der Waals surface area contributed by atoms with Gasteiger partial charge in [0.15, 0.2) is 0 Å². The molecular weight excluding hydrogens is 315 g/mol. The zero-order valence-corrected chi connectivity index (χ0v) is 12.7. The molecule has 0 saturated carbocycles.